The van der Waals surface area contributed by atoms with Gasteiger partial charge >= 0.3 is 6.09 Å². The van der Waals surface area contributed by atoms with Crippen LogP contribution in [-0.4, -0.2) is 66.9 Å². The maximum atomic E-state index is 12.5. The van der Waals surface area contributed by atoms with Crippen LogP contribution in [0.25, 0.3) is 0 Å². The lowest BCUT2D eigenvalue weighted by Gasteiger charge is -2.35. The van der Waals surface area contributed by atoms with E-state index in [1.807, 2.05) is 20.8 Å². The van der Waals surface area contributed by atoms with E-state index in [-0.39, 0.29) is 18.6 Å². The molecule has 0 aromatic heterocycles. The monoisotopic (exact) mass is 352 g/mol. The van der Waals surface area contributed by atoms with Crippen molar-refractivity contribution >= 4 is 12.0 Å². The molecule has 1 aromatic rings. The number of hydrogen-bond acceptors (Lipinski definition) is 4. The quantitative estimate of drug-likeness (QED) is 0.836. The van der Waals surface area contributed by atoms with Crippen molar-refractivity contribution in [3.05, 3.63) is 29.8 Å². The van der Waals surface area contributed by atoms with Crippen LogP contribution in [0.1, 0.15) is 31.1 Å². The minimum absolute atomic E-state index is 0.0000812. The van der Waals surface area contributed by atoms with Crippen molar-refractivity contribution in [1.82, 2.24) is 9.80 Å². The second kappa shape index (κ2) is 8.18. The third kappa shape index (κ3) is 5.62. The summed E-state index contributed by atoms with van der Waals surface area (Å²) in [5.74, 6) is 0.435. The van der Waals surface area contributed by atoms with E-state index in [1.165, 1.54) is 0 Å². The van der Waals surface area contributed by atoms with E-state index in [0.717, 1.165) is 0 Å². The van der Waals surface area contributed by atoms with Gasteiger partial charge in [-0.25, -0.2) is 9.18 Å². The molecule has 7 heteroatoms. The Balaban J connectivity index is 1.87. The van der Waals surface area contributed by atoms with Crippen LogP contribution in [-0.2, 0) is 4.74 Å². The van der Waals surface area contributed by atoms with E-state index in [4.69, 9.17) is 9.47 Å². The van der Waals surface area contributed by atoms with Gasteiger partial charge in [0.1, 0.15) is 24.6 Å². The fourth-order valence-electron chi connectivity index (χ4n) is 2.45. The van der Waals surface area contributed by atoms with Crippen molar-refractivity contribution < 1.29 is 23.5 Å². The summed E-state index contributed by atoms with van der Waals surface area (Å²) in [5, 5.41) is 0. The smallest absolute Gasteiger partial charge is 0.410 e. The Labute approximate surface area is 147 Å². The molecule has 0 N–H and O–H groups in total. The molecule has 0 unspecified atom stereocenters. The number of piperazine rings is 1. The summed E-state index contributed by atoms with van der Waals surface area (Å²) in [6.45, 7) is 6.72. The highest BCUT2D eigenvalue weighted by atomic mass is 19.1. The molecule has 6 nitrogen and oxygen atoms in total. The molecule has 0 radical (unpaired) electrons. The van der Waals surface area contributed by atoms with Gasteiger partial charge in [0, 0.05) is 31.7 Å². The van der Waals surface area contributed by atoms with E-state index in [2.05, 4.69) is 0 Å². The van der Waals surface area contributed by atoms with Crippen LogP contribution in [0.3, 0.4) is 0 Å². The zero-order valence-electron chi connectivity index (χ0n) is 15.0. The Kier molecular flexibility index (Phi) is 6.22. The molecule has 1 heterocycles. The van der Waals surface area contributed by atoms with E-state index in [0.29, 0.717) is 37.5 Å². The highest BCUT2D eigenvalue weighted by Gasteiger charge is 2.28. The first-order valence-electron chi connectivity index (χ1n) is 8.36. The third-order valence-corrected chi connectivity index (χ3v) is 3.67. The van der Waals surface area contributed by atoms with Crippen LogP contribution >= 0.6 is 0 Å². The highest BCUT2D eigenvalue weighted by molar-refractivity contribution is 5.94. The average Bonchev–Trinajstić information content (AvgIpc) is 2.58. The first kappa shape index (κ1) is 19.0. The zero-order chi connectivity index (χ0) is 18.4. The van der Waals surface area contributed by atoms with Crippen LogP contribution in [0.15, 0.2) is 24.3 Å². The van der Waals surface area contributed by atoms with Crippen LogP contribution in [0, 0.1) is 0 Å². The molecule has 1 aliphatic heterocycles. The second-order valence-electron chi connectivity index (χ2n) is 6.82. The highest BCUT2D eigenvalue weighted by Crippen LogP contribution is 2.16. The Hall–Kier alpha value is -2.31. The van der Waals surface area contributed by atoms with E-state index < -0.39 is 12.3 Å². The Bertz CT molecular complexity index is 590. The fourth-order valence-corrected chi connectivity index (χ4v) is 2.45. The van der Waals surface area contributed by atoms with Crippen molar-refractivity contribution in [2.75, 3.05) is 39.5 Å². The molecule has 0 aliphatic carbocycles. The van der Waals surface area contributed by atoms with Gasteiger partial charge in [-0.05, 0) is 45.0 Å². The summed E-state index contributed by atoms with van der Waals surface area (Å²) < 4.78 is 22.6. The molecule has 0 bridgehead atoms. The number of hydrogen-bond donors (Lipinski definition) is 0. The Morgan fingerprint density at radius 3 is 2.12 bits per heavy atom. The average molecular weight is 352 g/mol. The summed E-state index contributed by atoms with van der Waals surface area (Å²) in [4.78, 5) is 27.9. The fraction of sp³-hybridized carbons (Fsp3) is 0.556. The topological polar surface area (TPSA) is 59.1 Å². The van der Waals surface area contributed by atoms with E-state index >= 15 is 0 Å². The largest absolute Gasteiger partial charge is 0.491 e. The maximum Gasteiger partial charge on any atom is 0.410 e. The third-order valence-electron chi connectivity index (χ3n) is 3.67. The SMILES string of the molecule is CC(C)(C)OC(=O)N1CCN(C(=O)c2ccc(OCCF)cc2)CC1. The van der Waals surface area contributed by atoms with E-state index in [9.17, 15) is 14.0 Å². The summed E-state index contributed by atoms with van der Waals surface area (Å²) >= 11 is 0. The van der Waals surface area contributed by atoms with Crippen LogP contribution in [0.2, 0.25) is 0 Å². The second-order valence-corrected chi connectivity index (χ2v) is 6.82. The van der Waals surface area contributed by atoms with Crippen molar-refractivity contribution in [2.45, 2.75) is 26.4 Å². The molecular formula is C18H25FN2O4. The standard InChI is InChI=1S/C18H25FN2O4/c1-18(2,3)25-17(23)21-11-9-20(10-12-21)16(22)14-4-6-15(7-5-14)24-13-8-19/h4-7H,8-13H2,1-3H3. The number of halogens is 1. The first-order valence-corrected chi connectivity index (χ1v) is 8.36. The molecule has 1 aliphatic rings. The van der Waals surface area contributed by atoms with Gasteiger partial charge < -0.3 is 19.3 Å². The molecule has 1 aromatic carbocycles. The Morgan fingerprint density at radius 1 is 1.04 bits per heavy atom. The number of carbonyl (C=O) groups is 2. The summed E-state index contributed by atoms with van der Waals surface area (Å²) in [7, 11) is 0. The minimum atomic E-state index is -0.553. The predicted octanol–water partition coefficient (Wildman–Crippen LogP) is 2.73. The molecule has 0 spiro atoms. The Morgan fingerprint density at radius 2 is 1.60 bits per heavy atom. The van der Waals surface area contributed by atoms with Gasteiger partial charge in [0.05, 0.1) is 0 Å². The predicted molar refractivity (Wildman–Crippen MR) is 91.6 cm³/mol. The van der Waals surface area contributed by atoms with Crippen molar-refractivity contribution in [2.24, 2.45) is 0 Å². The number of benzene rings is 1. The van der Waals surface area contributed by atoms with Gasteiger partial charge in [-0.1, -0.05) is 0 Å². The number of rotatable bonds is 4. The molecule has 0 saturated carbocycles. The van der Waals surface area contributed by atoms with Crippen LogP contribution in [0.4, 0.5) is 9.18 Å². The molecule has 0 atom stereocenters. The maximum absolute atomic E-state index is 12.5. The lowest BCUT2D eigenvalue weighted by atomic mass is 10.1. The number of alkyl halides is 1. The first-order chi connectivity index (χ1) is 11.8. The van der Waals surface area contributed by atoms with E-state index in [1.54, 1.807) is 34.1 Å². The summed E-state index contributed by atoms with van der Waals surface area (Å²) in [6.07, 6.45) is -0.353. The number of nitrogens with zero attached hydrogens (tertiary/aromatic N) is 2. The number of carbonyl (C=O) groups excluding carboxylic acids is 2. The number of amides is 2. The van der Waals surface area contributed by atoms with Gasteiger partial charge in [0.15, 0.2) is 0 Å². The number of ether oxygens (including phenoxy) is 2. The summed E-state index contributed by atoms with van der Waals surface area (Å²) in [5.41, 5.74) is 0.00837. The molecular weight excluding hydrogens is 327 g/mol. The lowest BCUT2D eigenvalue weighted by Crippen LogP contribution is -2.51. The minimum Gasteiger partial charge on any atom is -0.491 e. The van der Waals surface area contributed by atoms with Gasteiger partial charge in [0.25, 0.3) is 5.91 Å². The molecule has 2 amide bonds. The molecule has 1 fully saturated rings. The van der Waals surface area contributed by atoms with Gasteiger partial charge in [-0.15, -0.1) is 0 Å². The van der Waals surface area contributed by atoms with Gasteiger partial charge in [0.2, 0.25) is 0 Å². The van der Waals surface area contributed by atoms with Gasteiger partial charge in [-0.2, -0.15) is 0 Å². The summed E-state index contributed by atoms with van der Waals surface area (Å²) in [6, 6.07) is 6.63. The molecule has 25 heavy (non-hydrogen) atoms. The molecule has 138 valence electrons. The van der Waals surface area contributed by atoms with Crippen molar-refractivity contribution in [1.29, 1.82) is 0 Å². The van der Waals surface area contributed by atoms with Crippen LogP contribution < -0.4 is 4.74 Å². The van der Waals surface area contributed by atoms with Crippen molar-refractivity contribution in [3.63, 3.8) is 0 Å². The van der Waals surface area contributed by atoms with Crippen molar-refractivity contribution in [3.8, 4) is 5.75 Å². The zero-order valence-corrected chi connectivity index (χ0v) is 15.0. The molecule has 1 saturated heterocycles. The normalized spacial score (nSPS) is 15.0. The lowest BCUT2D eigenvalue weighted by molar-refractivity contribution is 0.0141. The van der Waals surface area contributed by atoms with Gasteiger partial charge in [-0.3, -0.25) is 4.79 Å². The van der Waals surface area contributed by atoms with Crippen LogP contribution in [0.5, 0.6) is 5.75 Å². The molecule has 2 rings (SSSR count).